The predicted octanol–water partition coefficient (Wildman–Crippen LogP) is 3.41. The van der Waals surface area contributed by atoms with Crippen molar-refractivity contribution in [1.82, 2.24) is 29.6 Å². The number of fused-ring (bicyclic) bond motifs is 1. The van der Waals surface area contributed by atoms with Crippen LogP contribution in [0.4, 0.5) is 5.82 Å². The van der Waals surface area contributed by atoms with Crippen molar-refractivity contribution in [3.63, 3.8) is 0 Å². The average molecular weight is 474 g/mol. The molecule has 0 unspecified atom stereocenters. The van der Waals surface area contributed by atoms with Gasteiger partial charge in [-0.1, -0.05) is 18.2 Å². The van der Waals surface area contributed by atoms with Gasteiger partial charge in [-0.3, -0.25) is 4.79 Å². The van der Waals surface area contributed by atoms with E-state index in [1.165, 1.54) is 0 Å². The molecule has 1 saturated heterocycles. The fourth-order valence-electron chi connectivity index (χ4n) is 4.69. The fraction of sp³-hybridized carbons (Fsp3) is 0.385. The topological polar surface area (TPSA) is 92.2 Å². The summed E-state index contributed by atoms with van der Waals surface area (Å²) in [5.74, 6) is 1.77. The summed E-state index contributed by atoms with van der Waals surface area (Å²) in [5, 5.41) is 4.59. The third-order valence-corrected chi connectivity index (χ3v) is 6.60. The number of pyridine rings is 1. The maximum Gasteiger partial charge on any atom is 0.277 e. The van der Waals surface area contributed by atoms with Crippen molar-refractivity contribution in [3.05, 3.63) is 58.5 Å². The van der Waals surface area contributed by atoms with Crippen LogP contribution in [0, 0.1) is 6.92 Å². The van der Waals surface area contributed by atoms with Crippen LogP contribution >= 0.6 is 0 Å². The Kier molecular flexibility index (Phi) is 6.25. The summed E-state index contributed by atoms with van der Waals surface area (Å²) in [7, 11) is 4.27. The summed E-state index contributed by atoms with van der Waals surface area (Å²) in [6, 6.07) is 14.1. The van der Waals surface area contributed by atoms with Crippen LogP contribution in [0.1, 0.15) is 25.5 Å². The fourth-order valence-corrected chi connectivity index (χ4v) is 4.69. The van der Waals surface area contributed by atoms with E-state index in [0.717, 1.165) is 37.4 Å². The number of hydrogen-bond donors (Lipinski definition) is 1. The lowest BCUT2D eigenvalue weighted by molar-refractivity contribution is 0.249. The van der Waals surface area contributed by atoms with Crippen molar-refractivity contribution < 1.29 is 4.74 Å². The summed E-state index contributed by atoms with van der Waals surface area (Å²) in [6.07, 6.45) is 2.19. The van der Waals surface area contributed by atoms with Crippen molar-refractivity contribution in [2.75, 3.05) is 38.7 Å². The van der Waals surface area contributed by atoms with Crippen LogP contribution in [-0.2, 0) is 0 Å². The molecule has 4 aromatic rings. The molecule has 1 fully saturated rings. The summed E-state index contributed by atoms with van der Waals surface area (Å²) in [5.41, 5.74) is 2.87. The molecular weight excluding hydrogens is 442 g/mol. The average Bonchev–Trinajstić information content (AvgIpc) is 3.21. The number of hydrogen-bond acceptors (Lipinski definition) is 7. The minimum atomic E-state index is -0.258. The smallest absolute Gasteiger partial charge is 0.277 e. The third-order valence-electron chi connectivity index (χ3n) is 6.60. The van der Waals surface area contributed by atoms with Crippen LogP contribution in [0.15, 0.2) is 47.3 Å². The van der Waals surface area contributed by atoms with Crippen molar-refractivity contribution in [2.45, 2.75) is 32.7 Å². The van der Waals surface area contributed by atoms with Crippen molar-refractivity contribution >= 4 is 16.9 Å². The van der Waals surface area contributed by atoms with Crippen LogP contribution in [-0.4, -0.2) is 69.5 Å². The van der Waals surface area contributed by atoms with E-state index in [0.29, 0.717) is 46.6 Å². The van der Waals surface area contributed by atoms with Crippen LogP contribution in [0.25, 0.3) is 28.1 Å². The summed E-state index contributed by atoms with van der Waals surface area (Å²) >= 11 is 0. The van der Waals surface area contributed by atoms with Gasteiger partial charge < -0.3 is 19.5 Å². The van der Waals surface area contributed by atoms with E-state index in [1.807, 2.05) is 56.3 Å². The second kappa shape index (κ2) is 9.50. The molecule has 3 aromatic heterocycles. The molecule has 0 spiro atoms. The number of anilines is 1. The number of benzene rings is 1. The minimum absolute atomic E-state index is 0.258. The Morgan fingerprint density at radius 3 is 2.51 bits per heavy atom. The molecule has 35 heavy (non-hydrogen) atoms. The number of ether oxygens (including phenoxy) is 1. The van der Waals surface area contributed by atoms with Gasteiger partial charge in [-0.2, -0.15) is 10.1 Å². The number of nitrogens with one attached hydrogen (secondary N) is 1. The van der Waals surface area contributed by atoms with E-state index in [9.17, 15) is 4.79 Å². The van der Waals surface area contributed by atoms with Crippen molar-refractivity contribution in [2.24, 2.45) is 0 Å². The van der Waals surface area contributed by atoms with E-state index >= 15 is 0 Å². The van der Waals surface area contributed by atoms with Crippen molar-refractivity contribution in [1.29, 1.82) is 0 Å². The number of para-hydroxylation sites is 1. The zero-order valence-corrected chi connectivity index (χ0v) is 20.7. The molecule has 0 amide bonds. The number of aryl methyl sites for hydroxylation is 1. The SMILES string of the molecule is CCOc1nc(N2CCC(N(C)C)CC2)ccc1-c1nc2c(C)nn(-c3ccccc3)c2c(=O)[nH]1. The number of piperidine rings is 1. The standard InChI is InChI=1S/C26H31N7O2/c1-5-35-26-20(11-12-21(27-26)32-15-13-18(14-16-32)31(3)4)24-28-22-17(2)30-33(23(22)25(34)29-24)19-9-7-6-8-10-19/h6-12,18H,5,13-16H2,1-4H3,(H,28,29,34). The Morgan fingerprint density at radius 2 is 1.83 bits per heavy atom. The second-order valence-corrected chi connectivity index (χ2v) is 9.08. The van der Waals surface area contributed by atoms with Crippen LogP contribution < -0.4 is 15.2 Å². The van der Waals surface area contributed by atoms with Gasteiger partial charge in [-0.25, -0.2) is 9.67 Å². The Bertz CT molecular complexity index is 1390. The maximum absolute atomic E-state index is 13.2. The first-order valence-corrected chi connectivity index (χ1v) is 12.1. The Morgan fingerprint density at radius 1 is 1.09 bits per heavy atom. The highest BCUT2D eigenvalue weighted by Gasteiger charge is 2.23. The normalized spacial score (nSPS) is 14.7. The van der Waals surface area contributed by atoms with Crippen LogP contribution in [0.2, 0.25) is 0 Å². The molecule has 1 N–H and O–H groups in total. The molecule has 5 rings (SSSR count). The van der Waals surface area contributed by atoms with E-state index in [1.54, 1.807) is 4.68 Å². The molecule has 1 aromatic carbocycles. The number of H-pyrrole nitrogens is 1. The Balaban J connectivity index is 1.53. The molecule has 1 aliphatic heterocycles. The lowest BCUT2D eigenvalue weighted by atomic mass is 10.0. The minimum Gasteiger partial charge on any atom is -0.477 e. The van der Waals surface area contributed by atoms with Gasteiger partial charge in [0, 0.05) is 19.1 Å². The Hall–Kier alpha value is -3.72. The number of aromatic nitrogens is 5. The van der Waals surface area contributed by atoms with E-state index in [2.05, 4.69) is 34.0 Å². The first kappa shape index (κ1) is 23.0. The van der Waals surface area contributed by atoms with Gasteiger partial charge >= 0.3 is 0 Å². The zero-order chi connectivity index (χ0) is 24.5. The monoisotopic (exact) mass is 473 g/mol. The molecule has 182 valence electrons. The molecule has 0 atom stereocenters. The van der Waals surface area contributed by atoms with Crippen LogP contribution in [0.5, 0.6) is 5.88 Å². The largest absolute Gasteiger partial charge is 0.477 e. The lowest BCUT2D eigenvalue weighted by Crippen LogP contribution is -2.42. The van der Waals surface area contributed by atoms with Gasteiger partial charge in [0.1, 0.15) is 17.2 Å². The summed E-state index contributed by atoms with van der Waals surface area (Å²) < 4.78 is 7.55. The van der Waals surface area contributed by atoms with Gasteiger partial charge in [0.05, 0.1) is 23.6 Å². The highest BCUT2D eigenvalue weighted by molar-refractivity contribution is 5.81. The first-order valence-electron chi connectivity index (χ1n) is 12.1. The Labute approximate surface area is 204 Å². The number of nitrogens with zero attached hydrogens (tertiary/aromatic N) is 6. The maximum atomic E-state index is 13.2. The second-order valence-electron chi connectivity index (χ2n) is 9.08. The molecule has 9 heteroatoms. The third kappa shape index (κ3) is 4.39. The van der Waals surface area contributed by atoms with Gasteiger partial charge in [0.25, 0.3) is 5.56 Å². The highest BCUT2D eigenvalue weighted by atomic mass is 16.5. The van der Waals surface area contributed by atoms with E-state index in [4.69, 9.17) is 14.7 Å². The summed E-state index contributed by atoms with van der Waals surface area (Å²) in [4.78, 5) is 30.4. The van der Waals surface area contributed by atoms with Gasteiger partial charge in [-0.05, 0) is 65.0 Å². The first-order chi connectivity index (χ1) is 17.0. The molecule has 0 bridgehead atoms. The molecule has 0 saturated carbocycles. The van der Waals surface area contributed by atoms with Crippen molar-refractivity contribution in [3.8, 4) is 23.0 Å². The molecule has 9 nitrogen and oxygen atoms in total. The van der Waals surface area contributed by atoms with E-state index in [-0.39, 0.29) is 5.56 Å². The molecule has 0 aliphatic carbocycles. The highest BCUT2D eigenvalue weighted by Crippen LogP contribution is 2.31. The van der Waals surface area contributed by atoms with Gasteiger partial charge in [0.2, 0.25) is 5.88 Å². The predicted molar refractivity (Wildman–Crippen MR) is 138 cm³/mol. The molecular formula is C26H31N7O2. The zero-order valence-electron chi connectivity index (χ0n) is 20.7. The van der Waals surface area contributed by atoms with Gasteiger partial charge in [-0.15, -0.1) is 0 Å². The number of rotatable bonds is 6. The van der Waals surface area contributed by atoms with E-state index < -0.39 is 0 Å². The van der Waals surface area contributed by atoms with Gasteiger partial charge in [0.15, 0.2) is 5.52 Å². The molecule has 0 radical (unpaired) electrons. The molecule has 1 aliphatic rings. The van der Waals surface area contributed by atoms with Crippen LogP contribution in [0.3, 0.4) is 0 Å². The number of aromatic amines is 1. The molecule has 4 heterocycles. The lowest BCUT2D eigenvalue weighted by Gasteiger charge is -2.36. The quantitative estimate of drug-likeness (QED) is 0.459. The summed E-state index contributed by atoms with van der Waals surface area (Å²) in [6.45, 7) is 6.14.